The molecule has 1 aliphatic heterocycles. The van der Waals surface area contributed by atoms with Crippen LogP contribution in [0.3, 0.4) is 0 Å². The number of nitrogens with zero attached hydrogens (tertiary/aromatic N) is 7. The third kappa shape index (κ3) is 3.08. The normalized spacial score (nSPS) is 20.0. The van der Waals surface area contributed by atoms with Crippen molar-refractivity contribution >= 4 is 46.5 Å². The predicted molar refractivity (Wildman–Crippen MR) is 126 cm³/mol. The highest BCUT2D eigenvalue weighted by atomic mass is 35.5. The number of carbonyl (C=O) groups is 2. The highest BCUT2D eigenvalue weighted by Gasteiger charge is 2.51. The van der Waals surface area contributed by atoms with Crippen molar-refractivity contribution in [1.82, 2.24) is 34.7 Å². The van der Waals surface area contributed by atoms with Crippen LogP contribution < -0.4 is 5.69 Å². The van der Waals surface area contributed by atoms with E-state index < -0.39 is 23.9 Å². The summed E-state index contributed by atoms with van der Waals surface area (Å²) in [6, 6.07) is 9.85. The number of hydrogen-bond acceptors (Lipinski definition) is 6. The average Bonchev–Trinajstić information content (AvgIpc) is 3.58. The molecule has 4 aromatic rings. The fourth-order valence-electron chi connectivity index (χ4n) is 5.10. The Morgan fingerprint density at radius 1 is 1.09 bits per heavy atom. The van der Waals surface area contributed by atoms with Crippen LogP contribution in [0.1, 0.15) is 35.3 Å². The lowest BCUT2D eigenvalue weighted by Crippen LogP contribution is -2.50. The molecule has 12 heteroatoms. The molecule has 11 nitrogen and oxygen atoms in total. The average molecular weight is 492 g/mol. The first kappa shape index (κ1) is 21.4. The van der Waals surface area contributed by atoms with Crippen LogP contribution in [0.15, 0.2) is 41.2 Å². The third-order valence-electron chi connectivity index (χ3n) is 6.88. The number of nitrogens with one attached hydrogen (secondary N) is 1. The summed E-state index contributed by atoms with van der Waals surface area (Å²) >= 11 is 6.40. The van der Waals surface area contributed by atoms with E-state index in [0.717, 1.165) is 16.6 Å². The molecule has 2 aromatic heterocycles. The lowest BCUT2D eigenvalue weighted by molar-refractivity contribution is -0.344. The number of tetrazole rings is 1. The van der Waals surface area contributed by atoms with Crippen LogP contribution in [-0.2, 0) is 25.3 Å². The van der Waals surface area contributed by atoms with Crippen molar-refractivity contribution in [2.45, 2.75) is 24.8 Å². The van der Waals surface area contributed by atoms with Crippen molar-refractivity contribution in [3.8, 4) is 0 Å². The van der Waals surface area contributed by atoms with Gasteiger partial charge in [-0.25, -0.2) is 9.59 Å². The second-order valence-corrected chi connectivity index (χ2v) is 9.10. The number of halogens is 1. The second kappa shape index (κ2) is 7.70. The molecule has 2 atom stereocenters. The number of urea groups is 1. The predicted octanol–water partition coefficient (Wildman–Crippen LogP) is 2.19. The van der Waals surface area contributed by atoms with E-state index in [1.165, 1.54) is 24.8 Å². The first-order chi connectivity index (χ1) is 16.9. The molecule has 3 amide bonds. The van der Waals surface area contributed by atoms with Gasteiger partial charge in [-0.2, -0.15) is 19.5 Å². The summed E-state index contributed by atoms with van der Waals surface area (Å²) in [5.74, 6) is -1.20. The Bertz CT molecular complexity index is 1620. The van der Waals surface area contributed by atoms with Gasteiger partial charge in [0, 0.05) is 30.7 Å². The maximum absolute atomic E-state index is 13.9. The molecule has 2 aromatic carbocycles. The first-order valence-electron chi connectivity index (χ1n) is 11.0. The molecule has 35 heavy (non-hydrogen) atoms. The van der Waals surface area contributed by atoms with Crippen LogP contribution in [0.4, 0.5) is 10.5 Å². The Kier molecular flexibility index (Phi) is 4.71. The molecule has 1 aliphatic carbocycles. The van der Waals surface area contributed by atoms with Gasteiger partial charge in [0.1, 0.15) is 11.7 Å². The molecular weight excluding hydrogens is 472 g/mol. The number of carbonyl (C=O) groups excluding carboxylic acids is 2. The molecule has 0 spiro atoms. The summed E-state index contributed by atoms with van der Waals surface area (Å²) < 4.78 is 4.47. The molecular formula is C23H20ClN8O3+. The molecule has 176 valence electrons. The van der Waals surface area contributed by atoms with Gasteiger partial charge in [0.05, 0.1) is 17.2 Å². The van der Waals surface area contributed by atoms with Gasteiger partial charge in [0.25, 0.3) is 0 Å². The Morgan fingerprint density at radius 2 is 1.89 bits per heavy atom. The summed E-state index contributed by atoms with van der Waals surface area (Å²) in [7, 11) is 3.37. The zero-order valence-electron chi connectivity index (χ0n) is 18.8. The monoisotopic (exact) mass is 491 g/mol. The largest absolute Gasteiger partial charge is 0.506 e. The minimum absolute atomic E-state index is 0.162. The second-order valence-electron chi connectivity index (χ2n) is 8.69. The van der Waals surface area contributed by atoms with Gasteiger partial charge in [-0.1, -0.05) is 28.9 Å². The number of hydrogen-bond donors (Lipinski definition) is 1. The molecule has 1 N–H and O–H groups in total. The van der Waals surface area contributed by atoms with Crippen molar-refractivity contribution in [1.29, 1.82) is 0 Å². The van der Waals surface area contributed by atoms with Crippen molar-refractivity contribution in [3.63, 3.8) is 0 Å². The molecule has 2 aliphatic rings. The summed E-state index contributed by atoms with van der Waals surface area (Å²) in [4.78, 5) is 41.2. The summed E-state index contributed by atoms with van der Waals surface area (Å²) in [5.41, 5.74) is 3.53. The molecule has 0 saturated heterocycles. The Labute approximate surface area is 203 Å². The fraction of sp³-hybridized carbons (Fsp3) is 0.261. The number of H-pyrrole nitrogens is 1. The van der Waals surface area contributed by atoms with Crippen LogP contribution in [0.2, 0.25) is 5.02 Å². The van der Waals surface area contributed by atoms with E-state index in [9.17, 15) is 14.4 Å². The number of aromatic nitrogens is 6. The van der Waals surface area contributed by atoms with E-state index in [1.807, 2.05) is 18.2 Å². The Hall–Kier alpha value is -4.12. The van der Waals surface area contributed by atoms with Gasteiger partial charge < -0.3 is 0 Å². The van der Waals surface area contributed by atoms with E-state index in [1.54, 1.807) is 32.3 Å². The number of imidazole rings is 1. The minimum atomic E-state index is -0.926. The van der Waals surface area contributed by atoms with Crippen molar-refractivity contribution in [2.24, 2.45) is 14.1 Å². The Balaban J connectivity index is 1.51. The van der Waals surface area contributed by atoms with Crippen molar-refractivity contribution < 1.29 is 14.2 Å². The standard InChI is InChI=1S/C23H20ClN8O3/c1-29-18-8-6-12(10-19(18)30(2)22(29)34)31-11-15(20-25-27-28-26-20)21(33)32(23(31)35)17-9-7-13-14(17)4-3-5-16(13)24/h3-6,8,10-11,15,17H,7,9H2,1-2H3,(H,25,26,27,28)/q+1. The van der Waals surface area contributed by atoms with Crippen molar-refractivity contribution in [3.05, 3.63) is 68.9 Å². The Morgan fingerprint density at radius 3 is 2.66 bits per heavy atom. The van der Waals surface area contributed by atoms with Gasteiger partial charge in [-0.05, 0) is 36.6 Å². The van der Waals surface area contributed by atoms with E-state index in [2.05, 4.69) is 20.6 Å². The van der Waals surface area contributed by atoms with E-state index in [0.29, 0.717) is 29.1 Å². The number of amides is 3. The zero-order chi connectivity index (χ0) is 24.4. The van der Waals surface area contributed by atoms with Crippen molar-refractivity contribution in [2.75, 3.05) is 0 Å². The quantitative estimate of drug-likeness (QED) is 0.438. The minimum Gasteiger partial charge on any atom is -0.295 e. The van der Waals surface area contributed by atoms with Crippen LogP contribution in [-0.4, -0.2) is 57.4 Å². The number of fused-ring (bicyclic) bond motifs is 2. The number of aryl methyl sites for hydroxylation is 2. The van der Waals surface area contributed by atoms with E-state index in [-0.39, 0.29) is 11.5 Å². The highest BCUT2D eigenvalue weighted by Crippen LogP contribution is 2.41. The van der Waals surface area contributed by atoms with Gasteiger partial charge >= 0.3 is 17.6 Å². The maximum atomic E-state index is 13.9. The van der Waals surface area contributed by atoms with Crippen LogP contribution in [0.5, 0.6) is 0 Å². The SMILES string of the molecule is Cn1c(=O)n(C)c2cc([N+]3=CC(c4nn[nH]n4)C(=O)N(C4CCc5c(Cl)cccc54)C3=O)ccc21. The number of aromatic amines is 1. The van der Waals surface area contributed by atoms with Crippen LogP contribution in [0, 0.1) is 0 Å². The lowest BCUT2D eigenvalue weighted by atomic mass is 10.0. The fourth-order valence-corrected chi connectivity index (χ4v) is 5.38. The molecule has 0 bridgehead atoms. The van der Waals surface area contributed by atoms with Gasteiger partial charge in [0.15, 0.2) is 11.7 Å². The lowest BCUT2D eigenvalue weighted by Gasteiger charge is -2.26. The maximum Gasteiger partial charge on any atom is 0.506 e. The molecule has 3 heterocycles. The summed E-state index contributed by atoms with van der Waals surface area (Å²) in [5, 5.41) is 14.6. The van der Waals surface area contributed by atoms with Gasteiger partial charge in [0.2, 0.25) is 0 Å². The first-order valence-corrected chi connectivity index (χ1v) is 11.4. The molecule has 0 fully saturated rings. The van der Waals surface area contributed by atoms with Crippen LogP contribution >= 0.6 is 11.6 Å². The molecule has 2 unspecified atom stereocenters. The van der Waals surface area contributed by atoms with Gasteiger partial charge in [-0.3, -0.25) is 9.13 Å². The molecule has 0 radical (unpaired) electrons. The molecule has 0 saturated carbocycles. The number of rotatable bonds is 3. The summed E-state index contributed by atoms with van der Waals surface area (Å²) in [6.45, 7) is 0. The molecule has 6 rings (SSSR count). The highest BCUT2D eigenvalue weighted by molar-refractivity contribution is 6.31. The number of imide groups is 1. The van der Waals surface area contributed by atoms with Gasteiger partial charge in [-0.15, -0.1) is 10.2 Å². The van der Waals surface area contributed by atoms with E-state index >= 15 is 0 Å². The third-order valence-corrected chi connectivity index (χ3v) is 7.24. The summed E-state index contributed by atoms with van der Waals surface area (Å²) in [6.07, 6.45) is 2.73. The van der Waals surface area contributed by atoms with Crippen LogP contribution in [0.25, 0.3) is 11.0 Å². The zero-order valence-corrected chi connectivity index (χ0v) is 19.6. The van der Waals surface area contributed by atoms with E-state index in [4.69, 9.17) is 11.6 Å². The smallest absolute Gasteiger partial charge is 0.295 e. The topological polar surface area (TPSA) is 122 Å². The number of benzene rings is 2.